The maximum absolute atomic E-state index is 6.21. The molecule has 0 N–H and O–H groups in total. The van der Waals surface area contributed by atoms with E-state index < -0.39 is 0 Å². The Morgan fingerprint density at radius 2 is 1.95 bits per heavy atom. The van der Waals surface area contributed by atoms with Crippen molar-refractivity contribution in [3.8, 4) is 0 Å². The largest absolute Gasteiger partial charge is 0.356 e. The molecular weight excluding hydrogens is 234 g/mol. The number of hydrogen-bond donors (Lipinski definition) is 0. The fourth-order valence-electron chi connectivity index (χ4n) is 2.86. The molecule has 2 nitrogen and oxygen atoms in total. The summed E-state index contributed by atoms with van der Waals surface area (Å²) in [6, 6.07) is 10.7. The zero-order valence-corrected chi connectivity index (χ0v) is 12.6. The molecule has 0 saturated carbocycles. The molecule has 1 fully saturated rings. The summed E-state index contributed by atoms with van der Waals surface area (Å²) < 4.78 is 6.21. The van der Waals surface area contributed by atoms with Crippen molar-refractivity contribution in [2.45, 2.75) is 64.8 Å². The second-order valence-electron chi connectivity index (χ2n) is 6.22. The summed E-state index contributed by atoms with van der Waals surface area (Å²) in [7, 11) is 0. The molecule has 0 radical (unpaired) electrons. The molecule has 106 valence electrons. The summed E-state index contributed by atoms with van der Waals surface area (Å²) in [6.45, 7) is 8.68. The minimum atomic E-state index is -0.00827. The van der Waals surface area contributed by atoms with Gasteiger partial charge in [0, 0.05) is 13.1 Å². The smallest absolute Gasteiger partial charge is 0.111 e. The van der Waals surface area contributed by atoms with Crippen LogP contribution in [-0.4, -0.2) is 23.3 Å². The summed E-state index contributed by atoms with van der Waals surface area (Å²) in [5.74, 6) is 0. The summed E-state index contributed by atoms with van der Waals surface area (Å²) in [6.07, 6.45) is 5.29. The minimum Gasteiger partial charge on any atom is -0.356 e. The van der Waals surface area contributed by atoms with Crippen molar-refractivity contribution in [3.05, 3.63) is 35.9 Å². The van der Waals surface area contributed by atoms with E-state index in [1.54, 1.807) is 0 Å². The quantitative estimate of drug-likeness (QED) is 0.711. The minimum absolute atomic E-state index is 0.00827. The fraction of sp³-hybridized carbons (Fsp3) is 0.647. The SMILES string of the molecule is CCCCCC1OC(C)(C)CN1Cc1ccccc1. The van der Waals surface area contributed by atoms with E-state index in [1.165, 1.54) is 24.8 Å². The van der Waals surface area contributed by atoms with Crippen LogP contribution in [0.25, 0.3) is 0 Å². The van der Waals surface area contributed by atoms with Gasteiger partial charge in [-0.3, -0.25) is 4.90 Å². The van der Waals surface area contributed by atoms with Crippen molar-refractivity contribution in [1.29, 1.82) is 0 Å². The third kappa shape index (κ3) is 4.32. The molecule has 1 atom stereocenters. The second-order valence-corrected chi connectivity index (χ2v) is 6.22. The van der Waals surface area contributed by atoms with E-state index in [0.29, 0.717) is 6.23 Å². The maximum atomic E-state index is 6.21. The van der Waals surface area contributed by atoms with Crippen molar-refractivity contribution < 1.29 is 4.74 Å². The molecule has 1 aromatic carbocycles. The van der Waals surface area contributed by atoms with Gasteiger partial charge >= 0.3 is 0 Å². The van der Waals surface area contributed by atoms with Crippen LogP contribution in [0.1, 0.15) is 52.0 Å². The zero-order valence-electron chi connectivity index (χ0n) is 12.6. The number of rotatable bonds is 6. The third-order valence-corrected chi connectivity index (χ3v) is 3.73. The molecule has 0 spiro atoms. The van der Waals surface area contributed by atoms with Crippen LogP contribution in [0.5, 0.6) is 0 Å². The Labute approximate surface area is 117 Å². The topological polar surface area (TPSA) is 12.5 Å². The third-order valence-electron chi connectivity index (χ3n) is 3.73. The molecule has 19 heavy (non-hydrogen) atoms. The van der Waals surface area contributed by atoms with E-state index in [4.69, 9.17) is 4.74 Å². The van der Waals surface area contributed by atoms with Crippen LogP contribution in [0.3, 0.4) is 0 Å². The molecule has 0 aromatic heterocycles. The molecule has 2 rings (SSSR count). The normalized spacial score (nSPS) is 22.8. The Bertz CT molecular complexity index is 374. The Kier molecular flexibility index (Phi) is 5.00. The first-order valence-corrected chi connectivity index (χ1v) is 7.56. The summed E-state index contributed by atoms with van der Waals surface area (Å²) in [5, 5.41) is 0. The highest BCUT2D eigenvalue weighted by atomic mass is 16.5. The van der Waals surface area contributed by atoms with Crippen molar-refractivity contribution in [1.82, 2.24) is 4.90 Å². The number of ether oxygens (including phenoxy) is 1. The molecule has 1 heterocycles. The van der Waals surface area contributed by atoms with Gasteiger partial charge in [-0.25, -0.2) is 0 Å². The maximum Gasteiger partial charge on any atom is 0.111 e. The molecule has 1 unspecified atom stereocenters. The van der Waals surface area contributed by atoms with Gasteiger partial charge in [-0.1, -0.05) is 50.1 Å². The molecule has 2 heteroatoms. The lowest BCUT2D eigenvalue weighted by Crippen LogP contribution is -2.30. The van der Waals surface area contributed by atoms with Crippen LogP contribution in [-0.2, 0) is 11.3 Å². The summed E-state index contributed by atoms with van der Waals surface area (Å²) >= 11 is 0. The lowest BCUT2D eigenvalue weighted by molar-refractivity contribution is -0.0453. The van der Waals surface area contributed by atoms with Gasteiger partial charge in [-0.05, 0) is 32.3 Å². The molecule has 0 bridgehead atoms. The van der Waals surface area contributed by atoms with Crippen LogP contribution in [0.2, 0.25) is 0 Å². The van der Waals surface area contributed by atoms with Gasteiger partial charge in [-0.2, -0.15) is 0 Å². The molecule has 0 amide bonds. The molecule has 1 saturated heterocycles. The first-order chi connectivity index (χ1) is 9.11. The lowest BCUT2D eigenvalue weighted by atomic mass is 10.1. The van der Waals surface area contributed by atoms with Gasteiger partial charge in [0.25, 0.3) is 0 Å². The Morgan fingerprint density at radius 1 is 1.21 bits per heavy atom. The Hall–Kier alpha value is -0.860. The van der Waals surface area contributed by atoms with Crippen molar-refractivity contribution in [3.63, 3.8) is 0 Å². The van der Waals surface area contributed by atoms with E-state index in [9.17, 15) is 0 Å². The standard InChI is InChI=1S/C17H27NO/c1-4-5-7-12-16-18(14-17(2,3)19-16)13-15-10-8-6-9-11-15/h6,8-11,16H,4-5,7,12-14H2,1-3H3. The number of unbranched alkanes of at least 4 members (excludes halogenated alkanes) is 2. The zero-order chi connectivity index (χ0) is 13.7. The predicted molar refractivity (Wildman–Crippen MR) is 79.9 cm³/mol. The van der Waals surface area contributed by atoms with Crippen LogP contribution in [0, 0.1) is 0 Å². The summed E-state index contributed by atoms with van der Waals surface area (Å²) in [5.41, 5.74) is 1.37. The van der Waals surface area contributed by atoms with Gasteiger partial charge in [0.05, 0.1) is 5.60 Å². The van der Waals surface area contributed by atoms with E-state index in [1.807, 2.05) is 0 Å². The van der Waals surface area contributed by atoms with Crippen molar-refractivity contribution in [2.75, 3.05) is 6.54 Å². The monoisotopic (exact) mass is 261 g/mol. The molecule has 0 aliphatic carbocycles. The van der Waals surface area contributed by atoms with Crippen LogP contribution in [0.15, 0.2) is 30.3 Å². The van der Waals surface area contributed by atoms with E-state index in [0.717, 1.165) is 19.5 Å². The van der Waals surface area contributed by atoms with E-state index in [-0.39, 0.29) is 5.60 Å². The first kappa shape index (κ1) is 14.5. The van der Waals surface area contributed by atoms with Gasteiger partial charge < -0.3 is 4.74 Å². The molecule has 1 aliphatic rings. The van der Waals surface area contributed by atoms with Crippen molar-refractivity contribution >= 4 is 0 Å². The van der Waals surface area contributed by atoms with Gasteiger partial charge in [0.1, 0.15) is 6.23 Å². The highest BCUT2D eigenvalue weighted by Gasteiger charge is 2.37. The number of nitrogens with zero attached hydrogens (tertiary/aromatic N) is 1. The Balaban J connectivity index is 1.95. The van der Waals surface area contributed by atoms with Gasteiger partial charge in [-0.15, -0.1) is 0 Å². The van der Waals surface area contributed by atoms with Crippen LogP contribution in [0.4, 0.5) is 0 Å². The van der Waals surface area contributed by atoms with Crippen LogP contribution < -0.4 is 0 Å². The van der Waals surface area contributed by atoms with E-state index >= 15 is 0 Å². The second kappa shape index (κ2) is 6.53. The average molecular weight is 261 g/mol. The lowest BCUT2D eigenvalue weighted by Gasteiger charge is -2.22. The molecular formula is C17H27NO. The Morgan fingerprint density at radius 3 is 2.63 bits per heavy atom. The number of benzene rings is 1. The highest BCUT2D eigenvalue weighted by Crippen LogP contribution is 2.29. The molecule has 1 aliphatic heterocycles. The highest BCUT2D eigenvalue weighted by molar-refractivity contribution is 5.14. The number of hydrogen-bond acceptors (Lipinski definition) is 2. The fourth-order valence-corrected chi connectivity index (χ4v) is 2.86. The first-order valence-electron chi connectivity index (χ1n) is 7.56. The molecule has 1 aromatic rings. The van der Waals surface area contributed by atoms with E-state index in [2.05, 4.69) is 56.0 Å². The summed E-state index contributed by atoms with van der Waals surface area (Å²) in [4.78, 5) is 2.49. The van der Waals surface area contributed by atoms with Crippen molar-refractivity contribution in [2.24, 2.45) is 0 Å². The van der Waals surface area contributed by atoms with Gasteiger partial charge in [0.2, 0.25) is 0 Å². The van der Waals surface area contributed by atoms with Crippen LogP contribution >= 0.6 is 0 Å². The predicted octanol–water partition coefficient (Wildman–Crippen LogP) is 4.20. The van der Waals surface area contributed by atoms with Gasteiger partial charge in [0.15, 0.2) is 0 Å². The average Bonchev–Trinajstić information content (AvgIpc) is 2.65.